The summed E-state index contributed by atoms with van der Waals surface area (Å²) in [4.78, 5) is 5.01. The zero-order valence-corrected chi connectivity index (χ0v) is 18.6. The zero-order valence-electron chi connectivity index (χ0n) is 16.3. The summed E-state index contributed by atoms with van der Waals surface area (Å²) in [5, 5.41) is 7.57. The van der Waals surface area contributed by atoms with Crippen LogP contribution in [0.25, 0.3) is 11.3 Å². The van der Waals surface area contributed by atoms with Crippen LogP contribution >= 0.6 is 34.5 Å². The Labute approximate surface area is 182 Å². The molecule has 0 aliphatic rings. The molecule has 3 aromatic rings. The molecule has 9 heteroatoms. The molecule has 0 fully saturated rings. The van der Waals surface area contributed by atoms with E-state index in [2.05, 4.69) is 10.1 Å². The molecule has 0 saturated carbocycles. The Balaban J connectivity index is 2.17. The molecule has 0 aliphatic heterocycles. The highest BCUT2D eigenvalue weighted by Gasteiger charge is 2.17. The SMILES string of the molecule is CN=c1scc(-c2cc(OC)c(OC)c(OC)c2)n1N=Cc1c(Cl)cccc1Cl. The summed E-state index contributed by atoms with van der Waals surface area (Å²) in [6.07, 6.45) is 1.62. The summed E-state index contributed by atoms with van der Waals surface area (Å²) in [5.74, 6) is 1.62. The highest BCUT2D eigenvalue weighted by Crippen LogP contribution is 2.41. The van der Waals surface area contributed by atoms with Crippen LogP contribution in [0.3, 0.4) is 0 Å². The molecule has 0 saturated heterocycles. The number of hydrogen-bond acceptors (Lipinski definition) is 6. The molecule has 0 spiro atoms. The minimum atomic E-state index is 0.515. The van der Waals surface area contributed by atoms with Crippen molar-refractivity contribution in [3.05, 3.63) is 56.1 Å². The number of aromatic nitrogens is 1. The van der Waals surface area contributed by atoms with Crippen LogP contribution in [-0.4, -0.2) is 39.3 Å². The fourth-order valence-corrected chi connectivity index (χ4v) is 4.04. The van der Waals surface area contributed by atoms with Crippen molar-refractivity contribution in [1.29, 1.82) is 0 Å². The van der Waals surface area contributed by atoms with Crippen molar-refractivity contribution in [1.82, 2.24) is 4.68 Å². The van der Waals surface area contributed by atoms with E-state index in [4.69, 9.17) is 37.4 Å². The van der Waals surface area contributed by atoms with Crippen molar-refractivity contribution < 1.29 is 14.2 Å². The lowest BCUT2D eigenvalue weighted by molar-refractivity contribution is 0.324. The molecule has 1 aromatic heterocycles. The monoisotopic (exact) mass is 451 g/mol. The molecule has 2 aromatic carbocycles. The van der Waals surface area contributed by atoms with Gasteiger partial charge >= 0.3 is 0 Å². The van der Waals surface area contributed by atoms with Gasteiger partial charge in [0.1, 0.15) is 0 Å². The zero-order chi connectivity index (χ0) is 21.0. The van der Waals surface area contributed by atoms with Crippen LogP contribution < -0.4 is 19.0 Å². The summed E-state index contributed by atoms with van der Waals surface area (Å²) in [6.45, 7) is 0. The second-order valence-electron chi connectivity index (χ2n) is 5.73. The molecular weight excluding hydrogens is 433 g/mol. The van der Waals surface area contributed by atoms with Gasteiger partial charge in [0.25, 0.3) is 0 Å². The average Bonchev–Trinajstić information content (AvgIpc) is 3.15. The summed E-state index contributed by atoms with van der Waals surface area (Å²) in [7, 11) is 6.43. The van der Waals surface area contributed by atoms with E-state index in [1.165, 1.54) is 11.3 Å². The lowest BCUT2D eigenvalue weighted by Crippen LogP contribution is -2.11. The van der Waals surface area contributed by atoms with Gasteiger partial charge in [-0.15, -0.1) is 11.3 Å². The Morgan fingerprint density at radius 2 is 1.62 bits per heavy atom. The van der Waals surface area contributed by atoms with Crippen molar-refractivity contribution in [2.24, 2.45) is 10.1 Å². The third-order valence-electron chi connectivity index (χ3n) is 4.14. The Bertz CT molecular complexity index is 1080. The van der Waals surface area contributed by atoms with Crippen molar-refractivity contribution in [2.45, 2.75) is 0 Å². The van der Waals surface area contributed by atoms with Crippen LogP contribution in [0.1, 0.15) is 5.56 Å². The molecule has 0 amide bonds. The second kappa shape index (κ2) is 9.35. The molecule has 3 rings (SSSR count). The third-order valence-corrected chi connectivity index (χ3v) is 5.71. The number of ether oxygens (including phenoxy) is 3. The van der Waals surface area contributed by atoms with E-state index in [1.54, 1.807) is 57.5 Å². The van der Waals surface area contributed by atoms with E-state index in [1.807, 2.05) is 17.5 Å². The predicted molar refractivity (Wildman–Crippen MR) is 118 cm³/mol. The second-order valence-corrected chi connectivity index (χ2v) is 7.38. The summed E-state index contributed by atoms with van der Waals surface area (Å²) >= 11 is 14.0. The number of halogens is 2. The van der Waals surface area contributed by atoms with Crippen molar-refractivity contribution in [3.8, 4) is 28.5 Å². The van der Waals surface area contributed by atoms with Crippen LogP contribution in [0.4, 0.5) is 0 Å². The molecule has 0 N–H and O–H groups in total. The maximum Gasteiger partial charge on any atom is 0.205 e. The number of benzene rings is 2. The van der Waals surface area contributed by atoms with Gasteiger partial charge in [0, 0.05) is 23.6 Å². The molecule has 0 atom stereocenters. The number of nitrogens with zero attached hydrogens (tertiary/aromatic N) is 3. The lowest BCUT2D eigenvalue weighted by Gasteiger charge is -2.14. The number of hydrogen-bond donors (Lipinski definition) is 0. The first-order valence-corrected chi connectivity index (χ1v) is 10.1. The molecule has 0 aliphatic carbocycles. The summed E-state index contributed by atoms with van der Waals surface area (Å²) in [6, 6.07) is 9.03. The normalized spacial score (nSPS) is 11.9. The van der Waals surface area contributed by atoms with Crippen molar-refractivity contribution in [3.63, 3.8) is 0 Å². The summed E-state index contributed by atoms with van der Waals surface area (Å²) < 4.78 is 18.1. The van der Waals surface area contributed by atoms with Gasteiger partial charge in [-0.25, -0.2) is 4.68 Å². The van der Waals surface area contributed by atoms with Crippen molar-refractivity contribution >= 4 is 40.8 Å². The van der Waals surface area contributed by atoms with E-state index in [9.17, 15) is 0 Å². The standard InChI is InChI=1S/C20H19Cl2N3O3S/c1-23-20-25(24-10-13-14(21)6-5-7-15(13)22)16(11-29-20)12-8-17(26-2)19(28-4)18(9-12)27-3/h5-11H,1-4H3. The number of methoxy groups -OCH3 is 3. The molecule has 152 valence electrons. The molecule has 29 heavy (non-hydrogen) atoms. The van der Waals surface area contributed by atoms with Gasteiger partial charge in [-0.3, -0.25) is 4.99 Å². The van der Waals surface area contributed by atoms with Gasteiger partial charge < -0.3 is 14.2 Å². The van der Waals surface area contributed by atoms with Crippen LogP contribution in [0, 0.1) is 0 Å². The van der Waals surface area contributed by atoms with Gasteiger partial charge in [0.05, 0.1) is 43.3 Å². The van der Waals surface area contributed by atoms with Gasteiger partial charge in [-0.1, -0.05) is 29.3 Å². The maximum absolute atomic E-state index is 6.26. The lowest BCUT2D eigenvalue weighted by atomic mass is 10.1. The van der Waals surface area contributed by atoms with E-state index in [-0.39, 0.29) is 0 Å². The van der Waals surface area contributed by atoms with Crippen LogP contribution in [0.15, 0.2) is 45.8 Å². The molecule has 6 nitrogen and oxygen atoms in total. The maximum atomic E-state index is 6.26. The molecule has 0 unspecified atom stereocenters. The van der Waals surface area contributed by atoms with Crippen LogP contribution in [0.5, 0.6) is 17.2 Å². The Morgan fingerprint density at radius 1 is 1.00 bits per heavy atom. The summed E-state index contributed by atoms with van der Waals surface area (Å²) in [5.41, 5.74) is 2.26. The van der Waals surface area contributed by atoms with Gasteiger partial charge in [-0.05, 0) is 24.3 Å². The minimum Gasteiger partial charge on any atom is -0.493 e. The first-order valence-electron chi connectivity index (χ1n) is 8.46. The third kappa shape index (κ3) is 4.27. The van der Waals surface area contributed by atoms with E-state index < -0.39 is 0 Å². The first kappa shape index (κ1) is 21.2. The fraction of sp³-hybridized carbons (Fsp3) is 0.200. The Hall–Kier alpha value is -2.48. The predicted octanol–water partition coefficient (Wildman–Crippen LogP) is 4.96. The van der Waals surface area contributed by atoms with E-state index >= 15 is 0 Å². The van der Waals surface area contributed by atoms with Gasteiger partial charge in [0.2, 0.25) is 10.6 Å². The molecule has 1 heterocycles. The van der Waals surface area contributed by atoms with Crippen LogP contribution in [-0.2, 0) is 0 Å². The Morgan fingerprint density at radius 3 is 2.14 bits per heavy atom. The van der Waals surface area contributed by atoms with Gasteiger partial charge in [0.15, 0.2) is 11.5 Å². The molecule has 0 radical (unpaired) electrons. The molecule has 0 bridgehead atoms. The average molecular weight is 452 g/mol. The highest BCUT2D eigenvalue weighted by molar-refractivity contribution is 7.07. The van der Waals surface area contributed by atoms with Crippen molar-refractivity contribution in [2.75, 3.05) is 28.4 Å². The first-order chi connectivity index (χ1) is 14.0. The number of thiazole rings is 1. The quantitative estimate of drug-likeness (QED) is 0.497. The van der Waals surface area contributed by atoms with Crippen LogP contribution in [0.2, 0.25) is 10.0 Å². The molecular formula is C20H19Cl2N3O3S. The minimum absolute atomic E-state index is 0.515. The Kier molecular flexibility index (Phi) is 6.84. The fourth-order valence-electron chi connectivity index (χ4n) is 2.74. The largest absolute Gasteiger partial charge is 0.493 e. The topological polar surface area (TPSA) is 57.3 Å². The highest BCUT2D eigenvalue weighted by atomic mass is 35.5. The van der Waals surface area contributed by atoms with Gasteiger partial charge in [-0.2, -0.15) is 5.10 Å². The van der Waals surface area contributed by atoms with E-state index in [0.717, 1.165) is 11.3 Å². The number of rotatable bonds is 6. The smallest absolute Gasteiger partial charge is 0.205 e. The van der Waals surface area contributed by atoms with E-state index in [0.29, 0.717) is 37.7 Å².